The van der Waals surface area contributed by atoms with Crippen LogP contribution in [0.15, 0.2) is 12.1 Å². The van der Waals surface area contributed by atoms with Crippen molar-refractivity contribution < 1.29 is 4.74 Å². The van der Waals surface area contributed by atoms with Gasteiger partial charge in [0.25, 0.3) is 0 Å². The zero-order chi connectivity index (χ0) is 16.4. The minimum absolute atomic E-state index is 0.109. The highest BCUT2D eigenvalue weighted by Crippen LogP contribution is 2.24. The van der Waals surface area contributed by atoms with Crippen molar-refractivity contribution in [1.29, 1.82) is 0 Å². The third kappa shape index (κ3) is 3.56. The van der Waals surface area contributed by atoms with Gasteiger partial charge in [0, 0.05) is 31.0 Å². The lowest BCUT2D eigenvalue weighted by Gasteiger charge is -2.33. The number of hydrogen-bond donors (Lipinski definition) is 1. The molecular formula is C16H22N6O. The summed E-state index contributed by atoms with van der Waals surface area (Å²) in [6.45, 7) is 7.95. The van der Waals surface area contributed by atoms with Crippen molar-refractivity contribution in [3.63, 3.8) is 0 Å². The minimum Gasteiger partial charge on any atom is -0.373 e. The third-order valence-electron chi connectivity index (χ3n) is 3.76. The summed E-state index contributed by atoms with van der Waals surface area (Å²) in [7, 11) is 1.85. The van der Waals surface area contributed by atoms with E-state index in [0.717, 1.165) is 41.2 Å². The highest BCUT2D eigenvalue weighted by Gasteiger charge is 2.25. The second kappa shape index (κ2) is 6.45. The number of morpholine rings is 1. The van der Waals surface area contributed by atoms with Crippen LogP contribution in [0.3, 0.4) is 0 Å². The van der Waals surface area contributed by atoms with Crippen LogP contribution in [0, 0.1) is 20.8 Å². The van der Waals surface area contributed by atoms with E-state index >= 15 is 0 Å². The van der Waals surface area contributed by atoms with Gasteiger partial charge >= 0.3 is 0 Å². The lowest BCUT2D eigenvalue weighted by molar-refractivity contribution is 0.0363. The number of nitrogens with zero attached hydrogens (tertiary/aromatic N) is 5. The molecule has 7 heteroatoms. The zero-order valence-corrected chi connectivity index (χ0v) is 14.0. The molecule has 1 N–H and O–H groups in total. The standard InChI is InChI=1S/C16H22N6O/c1-10-7-11(2)19-16(18-10)22-5-6-23-14(9-22)13-8-15(17-4)21-12(3)20-13/h7-8,14H,5-6,9H2,1-4H3,(H,17,20,21). The van der Waals surface area contributed by atoms with Crippen LogP contribution in [0.2, 0.25) is 0 Å². The SMILES string of the molecule is CNc1cc(C2CN(c3nc(C)cc(C)n3)CCO2)nc(C)n1. The molecule has 0 radical (unpaired) electrons. The predicted octanol–water partition coefficient (Wildman–Crippen LogP) is 1.81. The van der Waals surface area contributed by atoms with E-state index in [1.165, 1.54) is 0 Å². The Bertz CT molecular complexity index is 685. The monoisotopic (exact) mass is 314 g/mol. The van der Waals surface area contributed by atoms with Crippen LogP contribution < -0.4 is 10.2 Å². The number of nitrogens with one attached hydrogen (secondary N) is 1. The lowest BCUT2D eigenvalue weighted by Crippen LogP contribution is -2.40. The fourth-order valence-corrected chi connectivity index (χ4v) is 2.74. The van der Waals surface area contributed by atoms with Crippen LogP contribution in [0.5, 0.6) is 0 Å². The molecule has 1 unspecified atom stereocenters. The van der Waals surface area contributed by atoms with Gasteiger partial charge in [-0.3, -0.25) is 0 Å². The minimum atomic E-state index is -0.109. The van der Waals surface area contributed by atoms with E-state index in [-0.39, 0.29) is 6.10 Å². The Morgan fingerprint density at radius 3 is 2.52 bits per heavy atom. The Labute approximate surface area is 136 Å². The number of ether oxygens (including phenoxy) is 1. The van der Waals surface area contributed by atoms with E-state index in [4.69, 9.17) is 4.74 Å². The van der Waals surface area contributed by atoms with Crippen LogP contribution in [0.25, 0.3) is 0 Å². The van der Waals surface area contributed by atoms with Gasteiger partial charge in [-0.1, -0.05) is 0 Å². The average Bonchev–Trinajstić information content (AvgIpc) is 2.53. The fourth-order valence-electron chi connectivity index (χ4n) is 2.74. The maximum atomic E-state index is 5.92. The number of anilines is 2. The van der Waals surface area contributed by atoms with Gasteiger partial charge in [-0.15, -0.1) is 0 Å². The van der Waals surface area contributed by atoms with Gasteiger partial charge < -0.3 is 15.0 Å². The highest BCUT2D eigenvalue weighted by molar-refractivity contribution is 5.38. The first kappa shape index (κ1) is 15.6. The second-order valence-corrected chi connectivity index (χ2v) is 5.73. The molecule has 122 valence electrons. The molecule has 1 saturated heterocycles. The Morgan fingerprint density at radius 2 is 1.83 bits per heavy atom. The van der Waals surface area contributed by atoms with Crippen molar-refractivity contribution in [1.82, 2.24) is 19.9 Å². The predicted molar refractivity (Wildman–Crippen MR) is 88.7 cm³/mol. The van der Waals surface area contributed by atoms with E-state index < -0.39 is 0 Å². The van der Waals surface area contributed by atoms with Gasteiger partial charge in [0.15, 0.2) is 0 Å². The number of aryl methyl sites for hydroxylation is 3. The van der Waals surface area contributed by atoms with Crippen molar-refractivity contribution in [2.75, 3.05) is 37.0 Å². The zero-order valence-electron chi connectivity index (χ0n) is 14.0. The van der Waals surface area contributed by atoms with Crippen LogP contribution in [-0.2, 0) is 4.74 Å². The van der Waals surface area contributed by atoms with Crippen LogP contribution in [0.1, 0.15) is 29.0 Å². The number of aromatic nitrogens is 4. The summed E-state index contributed by atoms with van der Waals surface area (Å²) in [4.78, 5) is 20.1. The summed E-state index contributed by atoms with van der Waals surface area (Å²) in [5.74, 6) is 2.29. The summed E-state index contributed by atoms with van der Waals surface area (Å²) in [6, 6.07) is 3.91. The first-order valence-corrected chi connectivity index (χ1v) is 7.77. The Hall–Kier alpha value is -2.28. The van der Waals surface area contributed by atoms with Crippen molar-refractivity contribution in [3.05, 3.63) is 35.0 Å². The normalized spacial score (nSPS) is 18.1. The summed E-state index contributed by atoms with van der Waals surface area (Å²) in [5, 5.41) is 3.06. The largest absolute Gasteiger partial charge is 0.373 e. The molecule has 1 atom stereocenters. The van der Waals surface area contributed by atoms with Gasteiger partial charge in [-0.05, 0) is 26.8 Å². The fraction of sp³-hybridized carbons (Fsp3) is 0.500. The molecule has 2 aromatic heterocycles. The van der Waals surface area contributed by atoms with Crippen LogP contribution >= 0.6 is 0 Å². The van der Waals surface area contributed by atoms with Crippen molar-refractivity contribution >= 4 is 11.8 Å². The maximum absolute atomic E-state index is 5.92. The molecule has 1 fully saturated rings. The molecule has 0 amide bonds. The van der Waals surface area contributed by atoms with E-state index in [9.17, 15) is 0 Å². The molecule has 0 aromatic carbocycles. The third-order valence-corrected chi connectivity index (χ3v) is 3.76. The van der Waals surface area contributed by atoms with Gasteiger partial charge in [-0.25, -0.2) is 19.9 Å². The van der Waals surface area contributed by atoms with E-state index in [1.807, 2.05) is 40.0 Å². The number of rotatable bonds is 3. The van der Waals surface area contributed by atoms with Gasteiger partial charge in [0.05, 0.1) is 18.8 Å². The molecule has 0 bridgehead atoms. The Balaban J connectivity index is 1.84. The summed E-state index contributed by atoms with van der Waals surface area (Å²) < 4.78 is 5.92. The topological polar surface area (TPSA) is 76.1 Å². The van der Waals surface area contributed by atoms with Crippen molar-refractivity contribution in [2.45, 2.75) is 26.9 Å². The molecule has 2 aromatic rings. The Kier molecular flexibility index (Phi) is 4.38. The van der Waals surface area contributed by atoms with E-state index in [2.05, 4.69) is 30.2 Å². The van der Waals surface area contributed by atoms with E-state index in [0.29, 0.717) is 13.2 Å². The first-order valence-electron chi connectivity index (χ1n) is 7.77. The molecule has 0 aliphatic carbocycles. The molecule has 3 heterocycles. The molecule has 3 rings (SSSR count). The lowest BCUT2D eigenvalue weighted by atomic mass is 10.2. The maximum Gasteiger partial charge on any atom is 0.225 e. The van der Waals surface area contributed by atoms with Crippen LogP contribution in [-0.4, -0.2) is 46.7 Å². The molecule has 7 nitrogen and oxygen atoms in total. The van der Waals surface area contributed by atoms with Gasteiger partial charge in [0.1, 0.15) is 17.7 Å². The first-order chi connectivity index (χ1) is 11.0. The van der Waals surface area contributed by atoms with Crippen LogP contribution in [0.4, 0.5) is 11.8 Å². The van der Waals surface area contributed by atoms with Crippen molar-refractivity contribution in [2.24, 2.45) is 0 Å². The number of hydrogen-bond acceptors (Lipinski definition) is 7. The molecule has 0 spiro atoms. The van der Waals surface area contributed by atoms with E-state index in [1.54, 1.807) is 0 Å². The summed E-state index contributed by atoms with van der Waals surface area (Å²) in [6.07, 6.45) is -0.109. The molecule has 1 aliphatic heterocycles. The smallest absolute Gasteiger partial charge is 0.225 e. The Morgan fingerprint density at radius 1 is 1.09 bits per heavy atom. The highest BCUT2D eigenvalue weighted by atomic mass is 16.5. The molecule has 23 heavy (non-hydrogen) atoms. The van der Waals surface area contributed by atoms with Gasteiger partial charge in [0.2, 0.25) is 5.95 Å². The van der Waals surface area contributed by atoms with Crippen molar-refractivity contribution in [3.8, 4) is 0 Å². The quantitative estimate of drug-likeness (QED) is 0.926. The summed E-state index contributed by atoms with van der Waals surface area (Å²) in [5.41, 5.74) is 2.84. The average molecular weight is 314 g/mol. The molecular weight excluding hydrogens is 292 g/mol. The second-order valence-electron chi connectivity index (χ2n) is 5.73. The summed E-state index contributed by atoms with van der Waals surface area (Å²) >= 11 is 0. The van der Waals surface area contributed by atoms with Gasteiger partial charge in [-0.2, -0.15) is 0 Å². The molecule has 0 saturated carbocycles. The molecule has 1 aliphatic rings.